The Balaban J connectivity index is 1.87. The molecule has 0 saturated heterocycles. The smallest absolute Gasteiger partial charge is 0.302 e. The molecular formula is C26H13F5N2OS. The third-order valence-electron chi connectivity index (χ3n) is 5.02. The van der Waals surface area contributed by atoms with E-state index >= 15 is 0 Å². The van der Waals surface area contributed by atoms with Crippen LogP contribution < -0.4 is 5.56 Å². The van der Waals surface area contributed by atoms with E-state index < -0.39 is 41.0 Å². The van der Waals surface area contributed by atoms with Gasteiger partial charge in [-0.15, -0.1) is 11.3 Å². The number of halogens is 5. The second kappa shape index (κ2) is 9.57. The van der Waals surface area contributed by atoms with Crippen LogP contribution in [0.2, 0.25) is 0 Å². The SMILES string of the molecule is N#Cc1c(C(F)(F)F)cc(-c2ccc(C#Cc3ccccc3)s2)n(Cc2ccc(F)cc2F)c1=O. The summed E-state index contributed by atoms with van der Waals surface area (Å²) in [5.74, 6) is 4.05. The van der Waals surface area contributed by atoms with Gasteiger partial charge < -0.3 is 4.57 Å². The van der Waals surface area contributed by atoms with Crippen molar-refractivity contribution < 1.29 is 22.0 Å². The molecule has 0 fully saturated rings. The van der Waals surface area contributed by atoms with Crippen LogP contribution in [0.3, 0.4) is 0 Å². The topological polar surface area (TPSA) is 45.8 Å². The normalized spacial score (nSPS) is 11.0. The number of pyridine rings is 1. The first-order valence-corrected chi connectivity index (χ1v) is 10.9. The van der Waals surface area contributed by atoms with Crippen LogP contribution in [0.4, 0.5) is 22.0 Å². The molecule has 0 unspecified atom stereocenters. The maximum atomic E-state index is 14.3. The summed E-state index contributed by atoms with van der Waals surface area (Å²) in [5, 5.41) is 9.29. The van der Waals surface area contributed by atoms with Gasteiger partial charge in [-0.2, -0.15) is 18.4 Å². The number of nitriles is 1. The van der Waals surface area contributed by atoms with Crippen LogP contribution >= 0.6 is 11.3 Å². The molecule has 0 amide bonds. The molecule has 3 nitrogen and oxygen atoms in total. The molecule has 0 aliphatic rings. The van der Waals surface area contributed by atoms with Crippen molar-refractivity contribution in [3.63, 3.8) is 0 Å². The molecule has 4 rings (SSSR count). The molecule has 2 aromatic carbocycles. The molecule has 9 heteroatoms. The molecule has 35 heavy (non-hydrogen) atoms. The summed E-state index contributed by atoms with van der Waals surface area (Å²) in [6.45, 7) is -0.504. The number of aromatic nitrogens is 1. The van der Waals surface area contributed by atoms with Gasteiger partial charge >= 0.3 is 6.18 Å². The van der Waals surface area contributed by atoms with Crippen molar-refractivity contribution in [2.75, 3.05) is 0 Å². The lowest BCUT2D eigenvalue weighted by Gasteiger charge is -2.17. The van der Waals surface area contributed by atoms with Gasteiger partial charge in [0.25, 0.3) is 5.56 Å². The highest BCUT2D eigenvalue weighted by Gasteiger charge is 2.36. The quantitative estimate of drug-likeness (QED) is 0.251. The summed E-state index contributed by atoms with van der Waals surface area (Å²) >= 11 is 1.04. The zero-order valence-corrected chi connectivity index (χ0v) is 18.5. The lowest BCUT2D eigenvalue weighted by atomic mass is 10.1. The highest BCUT2D eigenvalue weighted by atomic mass is 32.1. The maximum Gasteiger partial charge on any atom is 0.417 e. The zero-order chi connectivity index (χ0) is 25.2. The fraction of sp³-hybridized carbons (Fsp3) is 0.0769. The number of hydrogen-bond acceptors (Lipinski definition) is 3. The van der Waals surface area contributed by atoms with Crippen molar-refractivity contribution in [1.29, 1.82) is 5.26 Å². The third-order valence-corrected chi connectivity index (χ3v) is 6.05. The molecule has 0 saturated carbocycles. The van der Waals surface area contributed by atoms with E-state index in [2.05, 4.69) is 11.8 Å². The van der Waals surface area contributed by atoms with E-state index in [9.17, 15) is 32.0 Å². The average Bonchev–Trinajstić information content (AvgIpc) is 3.29. The van der Waals surface area contributed by atoms with E-state index in [1.807, 2.05) is 18.2 Å². The summed E-state index contributed by atoms with van der Waals surface area (Å²) < 4.78 is 69.5. The van der Waals surface area contributed by atoms with E-state index in [-0.39, 0.29) is 16.1 Å². The van der Waals surface area contributed by atoms with Crippen LogP contribution in [-0.2, 0) is 12.7 Å². The first-order chi connectivity index (χ1) is 16.7. The van der Waals surface area contributed by atoms with Gasteiger partial charge in [-0.1, -0.05) is 36.1 Å². The Hall–Kier alpha value is -4.21. The maximum absolute atomic E-state index is 14.3. The fourth-order valence-electron chi connectivity index (χ4n) is 3.36. The van der Waals surface area contributed by atoms with Crippen molar-refractivity contribution in [1.82, 2.24) is 4.57 Å². The number of hydrogen-bond donors (Lipinski definition) is 0. The number of alkyl halides is 3. The van der Waals surface area contributed by atoms with Gasteiger partial charge in [0.2, 0.25) is 0 Å². The molecule has 2 aromatic heterocycles. The molecule has 0 atom stereocenters. The van der Waals surface area contributed by atoms with Crippen LogP contribution in [0, 0.1) is 34.8 Å². The van der Waals surface area contributed by atoms with Gasteiger partial charge in [0.05, 0.1) is 27.6 Å². The largest absolute Gasteiger partial charge is 0.417 e. The van der Waals surface area contributed by atoms with Gasteiger partial charge in [0, 0.05) is 17.2 Å². The summed E-state index contributed by atoms with van der Waals surface area (Å²) in [4.78, 5) is 13.8. The fourth-order valence-corrected chi connectivity index (χ4v) is 4.24. The Bertz CT molecular complexity index is 1570. The highest BCUT2D eigenvalue weighted by molar-refractivity contribution is 7.16. The molecule has 0 aliphatic heterocycles. The Morgan fingerprint density at radius 2 is 1.69 bits per heavy atom. The van der Waals surface area contributed by atoms with E-state index in [1.54, 1.807) is 18.2 Å². The Labute approximate surface area is 200 Å². The molecule has 0 bridgehead atoms. The number of benzene rings is 2. The van der Waals surface area contributed by atoms with Crippen molar-refractivity contribution >= 4 is 11.3 Å². The minimum atomic E-state index is -4.97. The van der Waals surface area contributed by atoms with Gasteiger partial charge in [-0.05, 0) is 36.4 Å². The summed E-state index contributed by atoms with van der Waals surface area (Å²) in [7, 11) is 0. The van der Waals surface area contributed by atoms with Crippen LogP contribution in [0.5, 0.6) is 0 Å². The third kappa shape index (κ3) is 5.16. The predicted molar refractivity (Wildman–Crippen MR) is 122 cm³/mol. The number of thiophene rings is 1. The summed E-state index contributed by atoms with van der Waals surface area (Å²) in [5.41, 5.74) is -3.28. The minimum Gasteiger partial charge on any atom is -0.302 e. The first kappa shape index (κ1) is 23.9. The highest BCUT2D eigenvalue weighted by Crippen LogP contribution is 2.35. The Morgan fingerprint density at radius 3 is 2.34 bits per heavy atom. The van der Waals surface area contributed by atoms with Crippen LogP contribution in [-0.4, -0.2) is 4.57 Å². The van der Waals surface area contributed by atoms with Crippen LogP contribution in [0.1, 0.15) is 27.1 Å². The monoisotopic (exact) mass is 496 g/mol. The molecule has 174 valence electrons. The second-order valence-electron chi connectivity index (χ2n) is 7.33. The van der Waals surface area contributed by atoms with Crippen molar-refractivity contribution in [2.24, 2.45) is 0 Å². The predicted octanol–water partition coefficient (Wildman–Crippen LogP) is 6.19. The van der Waals surface area contributed by atoms with Crippen molar-refractivity contribution in [2.45, 2.75) is 12.7 Å². The van der Waals surface area contributed by atoms with E-state index in [0.717, 1.165) is 33.6 Å². The van der Waals surface area contributed by atoms with E-state index in [4.69, 9.17) is 0 Å². The minimum absolute atomic E-state index is 0.126. The average molecular weight is 496 g/mol. The van der Waals surface area contributed by atoms with Crippen molar-refractivity contribution in [3.8, 4) is 28.5 Å². The lowest BCUT2D eigenvalue weighted by molar-refractivity contribution is -0.137. The summed E-state index contributed by atoms with van der Waals surface area (Å²) in [6.07, 6.45) is -4.97. The van der Waals surface area contributed by atoms with E-state index in [1.165, 1.54) is 12.1 Å². The molecule has 4 aromatic rings. The Morgan fingerprint density at radius 1 is 0.943 bits per heavy atom. The first-order valence-electron chi connectivity index (χ1n) is 10.0. The molecule has 2 heterocycles. The molecular weight excluding hydrogens is 483 g/mol. The standard InChI is InChI=1S/C26H13F5N2OS/c27-18-8-7-17(22(28)12-18)15-33-23(13-21(26(29,30)31)20(14-32)25(33)34)24-11-10-19(35-24)9-6-16-4-2-1-3-5-16/h1-5,7-8,10-13H,15H2. The van der Waals surface area contributed by atoms with Gasteiger partial charge in [-0.25, -0.2) is 8.78 Å². The zero-order valence-electron chi connectivity index (χ0n) is 17.7. The number of nitrogens with zero attached hydrogens (tertiary/aromatic N) is 2. The van der Waals surface area contributed by atoms with Crippen molar-refractivity contribution in [3.05, 3.63) is 116 Å². The molecule has 0 N–H and O–H groups in total. The van der Waals surface area contributed by atoms with Gasteiger partial charge in [0.15, 0.2) is 0 Å². The van der Waals surface area contributed by atoms with Crippen LogP contribution in [0.15, 0.2) is 71.5 Å². The lowest BCUT2D eigenvalue weighted by Crippen LogP contribution is -2.28. The van der Waals surface area contributed by atoms with E-state index in [0.29, 0.717) is 17.0 Å². The summed E-state index contributed by atoms with van der Waals surface area (Å²) in [6, 6.07) is 16.8. The Kier molecular flexibility index (Phi) is 6.54. The van der Waals surface area contributed by atoms with Crippen LogP contribution in [0.25, 0.3) is 10.6 Å². The van der Waals surface area contributed by atoms with Gasteiger partial charge in [-0.3, -0.25) is 4.79 Å². The van der Waals surface area contributed by atoms with Gasteiger partial charge in [0.1, 0.15) is 23.3 Å². The number of rotatable bonds is 3. The molecule has 0 spiro atoms. The molecule has 0 radical (unpaired) electrons. The second-order valence-corrected chi connectivity index (χ2v) is 8.42. The molecule has 0 aliphatic carbocycles.